The average Bonchev–Trinajstić information content (AvgIpc) is 2.64. The Kier molecular flexibility index (Phi) is 4.11. The highest BCUT2D eigenvalue weighted by atomic mass is 16.5. The number of nitrogens with zero attached hydrogens (tertiary/aromatic N) is 1. The first-order chi connectivity index (χ1) is 7.96. The molecule has 2 fully saturated rings. The van der Waals surface area contributed by atoms with Crippen LogP contribution in [0.1, 0.15) is 47.0 Å². The third kappa shape index (κ3) is 3.67. The highest BCUT2D eigenvalue weighted by Crippen LogP contribution is 2.25. The maximum atomic E-state index is 5.77. The molecule has 2 aliphatic rings. The minimum atomic E-state index is 0.0618. The molecule has 2 unspecified atom stereocenters. The fourth-order valence-electron chi connectivity index (χ4n) is 3.10. The van der Waals surface area contributed by atoms with E-state index in [1.807, 2.05) is 0 Å². The van der Waals surface area contributed by atoms with Crippen molar-refractivity contribution in [2.45, 2.75) is 70.7 Å². The van der Waals surface area contributed by atoms with Crippen LogP contribution < -0.4 is 5.32 Å². The number of ether oxygens (including phenoxy) is 1. The van der Waals surface area contributed by atoms with Crippen molar-refractivity contribution < 1.29 is 4.74 Å². The SMILES string of the molecule is CC(C)N1CCC(NC2CCOC(C)(C)C2)C1. The molecular weight excluding hydrogens is 212 g/mol. The van der Waals surface area contributed by atoms with Gasteiger partial charge in [0.1, 0.15) is 0 Å². The predicted octanol–water partition coefficient (Wildman–Crippen LogP) is 2.02. The summed E-state index contributed by atoms with van der Waals surface area (Å²) in [5, 5.41) is 3.84. The van der Waals surface area contributed by atoms with E-state index >= 15 is 0 Å². The molecule has 0 aromatic heterocycles. The Balaban J connectivity index is 1.78. The Labute approximate surface area is 106 Å². The van der Waals surface area contributed by atoms with Crippen LogP contribution in [0.2, 0.25) is 0 Å². The van der Waals surface area contributed by atoms with Gasteiger partial charge in [-0.25, -0.2) is 0 Å². The molecule has 0 amide bonds. The van der Waals surface area contributed by atoms with Crippen LogP contribution in [0.15, 0.2) is 0 Å². The third-order valence-electron chi connectivity index (χ3n) is 4.12. The van der Waals surface area contributed by atoms with Crippen molar-refractivity contribution in [1.29, 1.82) is 0 Å². The lowest BCUT2D eigenvalue weighted by Gasteiger charge is -2.37. The van der Waals surface area contributed by atoms with Gasteiger partial charge in [-0.3, -0.25) is 4.90 Å². The number of rotatable bonds is 3. The van der Waals surface area contributed by atoms with Crippen molar-refractivity contribution in [3.05, 3.63) is 0 Å². The molecule has 2 rings (SSSR count). The molecule has 3 nitrogen and oxygen atoms in total. The summed E-state index contributed by atoms with van der Waals surface area (Å²) in [4.78, 5) is 2.57. The molecule has 1 N–H and O–H groups in total. The van der Waals surface area contributed by atoms with Gasteiger partial charge in [0.15, 0.2) is 0 Å². The van der Waals surface area contributed by atoms with Gasteiger partial charge < -0.3 is 10.1 Å². The van der Waals surface area contributed by atoms with Gasteiger partial charge in [0.25, 0.3) is 0 Å². The highest BCUT2D eigenvalue weighted by Gasteiger charge is 2.32. The van der Waals surface area contributed by atoms with Crippen LogP contribution in [0.3, 0.4) is 0 Å². The fraction of sp³-hybridized carbons (Fsp3) is 1.00. The molecule has 17 heavy (non-hydrogen) atoms. The zero-order chi connectivity index (χ0) is 12.5. The van der Waals surface area contributed by atoms with Gasteiger partial charge in [0.05, 0.1) is 5.60 Å². The minimum absolute atomic E-state index is 0.0618. The van der Waals surface area contributed by atoms with Crippen LogP contribution in [0, 0.1) is 0 Å². The van der Waals surface area contributed by atoms with E-state index in [1.165, 1.54) is 25.9 Å². The molecule has 3 heteroatoms. The topological polar surface area (TPSA) is 24.5 Å². The molecule has 0 saturated carbocycles. The molecule has 0 radical (unpaired) electrons. The van der Waals surface area contributed by atoms with E-state index in [2.05, 4.69) is 37.9 Å². The van der Waals surface area contributed by atoms with Crippen molar-refractivity contribution in [3.63, 3.8) is 0 Å². The first kappa shape index (κ1) is 13.3. The minimum Gasteiger partial charge on any atom is -0.375 e. The summed E-state index contributed by atoms with van der Waals surface area (Å²) >= 11 is 0. The normalized spacial score (nSPS) is 34.4. The molecule has 0 spiro atoms. The van der Waals surface area contributed by atoms with Gasteiger partial charge in [-0.2, -0.15) is 0 Å². The molecule has 2 heterocycles. The average molecular weight is 240 g/mol. The second-order valence-electron chi connectivity index (χ2n) is 6.54. The lowest BCUT2D eigenvalue weighted by Crippen LogP contribution is -2.48. The number of likely N-dealkylation sites (tertiary alicyclic amines) is 1. The van der Waals surface area contributed by atoms with Crippen molar-refractivity contribution in [2.24, 2.45) is 0 Å². The van der Waals surface area contributed by atoms with Crippen molar-refractivity contribution in [3.8, 4) is 0 Å². The Bertz CT molecular complexity index is 253. The smallest absolute Gasteiger partial charge is 0.0641 e. The first-order valence-corrected chi connectivity index (χ1v) is 7.10. The summed E-state index contributed by atoms with van der Waals surface area (Å²) in [7, 11) is 0. The van der Waals surface area contributed by atoms with E-state index in [0.717, 1.165) is 13.0 Å². The van der Waals surface area contributed by atoms with E-state index < -0.39 is 0 Å². The van der Waals surface area contributed by atoms with Crippen LogP contribution in [-0.2, 0) is 4.74 Å². The molecule has 0 aliphatic carbocycles. The van der Waals surface area contributed by atoms with Crippen LogP contribution in [0.5, 0.6) is 0 Å². The Morgan fingerprint density at radius 1 is 1.24 bits per heavy atom. The number of hydrogen-bond acceptors (Lipinski definition) is 3. The van der Waals surface area contributed by atoms with Crippen molar-refractivity contribution in [2.75, 3.05) is 19.7 Å². The predicted molar refractivity (Wildman–Crippen MR) is 71.3 cm³/mol. The second-order valence-corrected chi connectivity index (χ2v) is 6.54. The van der Waals surface area contributed by atoms with Crippen molar-refractivity contribution in [1.82, 2.24) is 10.2 Å². The molecule has 2 atom stereocenters. The fourth-order valence-corrected chi connectivity index (χ4v) is 3.10. The summed E-state index contributed by atoms with van der Waals surface area (Å²) in [6.07, 6.45) is 3.61. The van der Waals surface area contributed by atoms with E-state index in [1.54, 1.807) is 0 Å². The quantitative estimate of drug-likeness (QED) is 0.817. The monoisotopic (exact) mass is 240 g/mol. The van der Waals surface area contributed by atoms with E-state index in [0.29, 0.717) is 18.1 Å². The maximum Gasteiger partial charge on any atom is 0.0641 e. The van der Waals surface area contributed by atoms with Gasteiger partial charge in [0, 0.05) is 31.3 Å². The molecule has 2 aliphatic heterocycles. The molecule has 0 aromatic carbocycles. The second kappa shape index (κ2) is 5.25. The number of hydrogen-bond donors (Lipinski definition) is 1. The van der Waals surface area contributed by atoms with Gasteiger partial charge in [-0.15, -0.1) is 0 Å². The molecule has 100 valence electrons. The zero-order valence-corrected chi connectivity index (χ0v) is 11.8. The Morgan fingerprint density at radius 2 is 2.00 bits per heavy atom. The van der Waals surface area contributed by atoms with Crippen molar-refractivity contribution >= 4 is 0 Å². The summed E-state index contributed by atoms with van der Waals surface area (Å²) < 4.78 is 5.77. The van der Waals surface area contributed by atoms with Gasteiger partial charge in [0.2, 0.25) is 0 Å². The zero-order valence-electron chi connectivity index (χ0n) is 11.8. The van der Waals surface area contributed by atoms with E-state index in [9.17, 15) is 0 Å². The largest absolute Gasteiger partial charge is 0.375 e. The molecule has 2 saturated heterocycles. The third-order valence-corrected chi connectivity index (χ3v) is 4.12. The lowest BCUT2D eigenvalue weighted by atomic mass is 9.93. The standard InChI is InChI=1S/C14H28N2O/c1-11(2)16-7-5-13(10-16)15-12-6-8-17-14(3,4)9-12/h11-13,15H,5-10H2,1-4H3. The molecule has 0 bridgehead atoms. The first-order valence-electron chi connectivity index (χ1n) is 7.10. The molecule has 0 aromatic rings. The van der Waals surface area contributed by atoms with Crippen LogP contribution in [0.25, 0.3) is 0 Å². The summed E-state index contributed by atoms with van der Waals surface area (Å²) in [5.74, 6) is 0. The summed E-state index contributed by atoms with van der Waals surface area (Å²) in [6.45, 7) is 12.4. The summed E-state index contributed by atoms with van der Waals surface area (Å²) in [5.41, 5.74) is 0.0618. The summed E-state index contributed by atoms with van der Waals surface area (Å²) in [6, 6.07) is 2.03. The lowest BCUT2D eigenvalue weighted by molar-refractivity contribution is -0.0640. The van der Waals surface area contributed by atoms with Crippen LogP contribution in [0.4, 0.5) is 0 Å². The Hall–Kier alpha value is -0.120. The van der Waals surface area contributed by atoms with Gasteiger partial charge >= 0.3 is 0 Å². The number of nitrogens with one attached hydrogen (secondary N) is 1. The highest BCUT2D eigenvalue weighted by molar-refractivity contribution is 4.89. The maximum absolute atomic E-state index is 5.77. The van der Waals surface area contributed by atoms with Gasteiger partial charge in [-0.1, -0.05) is 0 Å². The van der Waals surface area contributed by atoms with E-state index in [-0.39, 0.29) is 5.60 Å². The molecular formula is C14H28N2O. The van der Waals surface area contributed by atoms with E-state index in [4.69, 9.17) is 4.74 Å². The van der Waals surface area contributed by atoms with Crippen LogP contribution >= 0.6 is 0 Å². The van der Waals surface area contributed by atoms with Crippen LogP contribution in [-0.4, -0.2) is 48.3 Å². The van der Waals surface area contributed by atoms with Gasteiger partial charge in [-0.05, 0) is 53.5 Å². The Morgan fingerprint density at radius 3 is 2.59 bits per heavy atom.